The second kappa shape index (κ2) is 16.8. The predicted octanol–water partition coefficient (Wildman–Crippen LogP) is 17.3. The molecule has 9 aromatic carbocycles. The van der Waals surface area contributed by atoms with Crippen molar-refractivity contribution in [2.45, 2.75) is 0 Å². The Balaban J connectivity index is 0.877. The molecule has 0 bridgehead atoms. The summed E-state index contributed by atoms with van der Waals surface area (Å²) in [5.41, 5.74) is 15.0. The van der Waals surface area contributed by atoms with Crippen LogP contribution in [0, 0.1) is 0 Å². The Kier molecular flexibility index (Phi) is 9.85. The van der Waals surface area contributed by atoms with Gasteiger partial charge in [0, 0.05) is 53.2 Å². The second-order valence-corrected chi connectivity index (χ2v) is 19.0. The van der Waals surface area contributed by atoms with Gasteiger partial charge in [-0.05, 0) is 87.0 Å². The number of thiophene rings is 2. The largest absolute Gasteiger partial charge is 0.227 e. The maximum absolute atomic E-state index is 5.40. The first-order chi connectivity index (χ1) is 33.7. The Labute approximate surface area is 401 Å². The van der Waals surface area contributed by atoms with E-state index >= 15 is 0 Å². The maximum Gasteiger partial charge on any atom is 0.161 e. The molecule has 0 unspecified atom stereocenters. The van der Waals surface area contributed by atoms with Crippen LogP contribution in [-0.4, -0.2) is 19.9 Å². The number of hydrogen-bond acceptors (Lipinski definition) is 6. The first-order valence-corrected chi connectivity index (χ1v) is 24.3. The molecule has 0 N–H and O–H groups in total. The van der Waals surface area contributed by atoms with Gasteiger partial charge in [-0.2, -0.15) is 0 Å². The fraction of sp³-hybridized carbons (Fsp3) is 0. The van der Waals surface area contributed by atoms with Crippen molar-refractivity contribution >= 4 is 63.3 Å². The SMILES string of the molecule is c1ccc(-c2cccc(-c3nc(-c4cccc(-c5cccc(-c6cccc(-c7nc(-c8cccc(-c9ccccc9)c8)c8c(n7)sc7ccccc78)c6)c5)c4)nc4sc5ccccc5c34)c2)cc1. The standard InChI is InChI=1S/C62H38N4S2/c1-3-16-39(17-4-1)41-20-12-26-47(35-41)57-55-51-30-7-9-32-53(51)67-61(55)65-59(63-57)49-28-14-24-45(37-49)43-22-11-23-44(34-43)46-25-15-29-50(38-46)60-64-58(56-52-31-8-10-33-54(52)68-62(56)66-60)48-27-13-21-42(36-48)40-18-5-2-6-19-40/h1-38H. The third-order valence-electron chi connectivity index (χ3n) is 12.7. The van der Waals surface area contributed by atoms with Crippen LogP contribution in [-0.2, 0) is 0 Å². The topological polar surface area (TPSA) is 51.6 Å². The van der Waals surface area contributed by atoms with Crippen LogP contribution in [0.15, 0.2) is 231 Å². The molecule has 4 aromatic heterocycles. The summed E-state index contributed by atoms with van der Waals surface area (Å²) in [6.07, 6.45) is 0. The van der Waals surface area contributed by atoms with Gasteiger partial charge < -0.3 is 0 Å². The Morgan fingerprint density at radius 2 is 0.529 bits per heavy atom. The number of nitrogens with zero attached hydrogens (tertiary/aromatic N) is 4. The minimum absolute atomic E-state index is 0.705. The minimum Gasteiger partial charge on any atom is -0.227 e. The van der Waals surface area contributed by atoms with E-state index in [9.17, 15) is 0 Å². The molecule has 0 amide bonds. The lowest BCUT2D eigenvalue weighted by Gasteiger charge is -2.12. The molecule has 318 valence electrons. The lowest BCUT2D eigenvalue weighted by Crippen LogP contribution is -1.94. The van der Waals surface area contributed by atoms with E-state index in [1.807, 2.05) is 0 Å². The van der Waals surface area contributed by atoms with E-state index in [0.29, 0.717) is 11.6 Å². The van der Waals surface area contributed by atoms with Crippen LogP contribution < -0.4 is 0 Å². The van der Waals surface area contributed by atoms with Gasteiger partial charge in [-0.1, -0.05) is 188 Å². The molecule has 0 fully saturated rings. The van der Waals surface area contributed by atoms with Crippen molar-refractivity contribution in [2.24, 2.45) is 0 Å². The van der Waals surface area contributed by atoms with E-state index in [1.165, 1.54) is 31.3 Å². The Hall–Kier alpha value is -8.42. The van der Waals surface area contributed by atoms with E-state index in [0.717, 1.165) is 87.5 Å². The number of aromatic nitrogens is 4. The summed E-state index contributed by atoms with van der Waals surface area (Å²) in [5.74, 6) is 1.41. The normalized spacial score (nSPS) is 11.5. The fourth-order valence-corrected chi connectivity index (χ4v) is 11.6. The van der Waals surface area contributed by atoms with E-state index in [-0.39, 0.29) is 0 Å². The first-order valence-electron chi connectivity index (χ1n) is 22.7. The minimum atomic E-state index is 0.705. The Bertz CT molecular complexity index is 3780. The van der Waals surface area contributed by atoms with Gasteiger partial charge in [0.2, 0.25) is 0 Å². The van der Waals surface area contributed by atoms with Crippen LogP contribution in [0.25, 0.3) is 130 Å². The van der Waals surface area contributed by atoms with Crippen LogP contribution in [0.3, 0.4) is 0 Å². The lowest BCUT2D eigenvalue weighted by atomic mass is 9.96. The highest BCUT2D eigenvalue weighted by Gasteiger charge is 2.20. The molecule has 0 radical (unpaired) electrons. The lowest BCUT2D eigenvalue weighted by molar-refractivity contribution is 1.24. The number of fused-ring (bicyclic) bond motifs is 6. The molecule has 4 heterocycles. The second-order valence-electron chi connectivity index (χ2n) is 17.0. The van der Waals surface area contributed by atoms with Crippen molar-refractivity contribution in [3.05, 3.63) is 231 Å². The third-order valence-corrected chi connectivity index (χ3v) is 14.9. The summed E-state index contributed by atoms with van der Waals surface area (Å²) >= 11 is 3.44. The first kappa shape index (κ1) is 39.9. The molecule has 0 aliphatic heterocycles. The van der Waals surface area contributed by atoms with Gasteiger partial charge in [-0.3, -0.25) is 0 Å². The monoisotopic (exact) mass is 902 g/mol. The summed E-state index contributed by atoms with van der Waals surface area (Å²) in [7, 11) is 0. The van der Waals surface area contributed by atoms with Gasteiger partial charge in [-0.15, -0.1) is 22.7 Å². The average molecular weight is 903 g/mol. The molecule has 0 atom stereocenters. The molecule has 4 nitrogen and oxygen atoms in total. The maximum atomic E-state index is 5.40. The van der Waals surface area contributed by atoms with Crippen LogP contribution in [0.2, 0.25) is 0 Å². The van der Waals surface area contributed by atoms with E-state index in [4.69, 9.17) is 19.9 Å². The van der Waals surface area contributed by atoms with Crippen molar-refractivity contribution in [3.8, 4) is 89.8 Å². The van der Waals surface area contributed by atoms with Crippen LogP contribution in [0.1, 0.15) is 0 Å². The molecule has 6 heteroatoms. The van der Waals surface area contributed by atoms with Crippen molar-refractivity contribution in [1.29, 1.82) is 0 Å². The quantitative estimate of drug-likeness (QED) is 0.152. The number of benzene rings is 9. The molecule has 0 aliphatic rings. The zero-order chi connectivity index (χ0) is 45.0. The van der Waals surface area contributed by atoms with Gasteiger partial charge in [0.25, 0.3) is 0 Å². The molecule has 0 aliphatic carbocycles. The summed E-state index contributed by atoms with van der Waals surface area (Å²) in [5, 5.41) is 4.53. The molecule has 0 saturated heterocycles. The Morgan fingerprint density at radius 3 is 0.941 bits per heavy atom. The molecule has 0 saturated carbocycles. The van der Waals surface area contributed by atoms with Gasteiger partial charge in [0.05, 0.1) is 11.4 Å². The van der Waals surface area contributed by atoms with Gasteiger partial charge in [-0.25, -0.2) is 19.9 Å². The van der Waals surface area contributed by atoms with Crippen LogP contribution >= 0.6 is 22.7 Å². The predicted molar refractivity (Wildman–Crippen MR) is 287 cm³/mol. The molecule has 0 spiro atoms. The highest BCUT2D eigenvalue weighted by molar-refractivity contribution is 7.26. The summed E-state index contributed by atoms with van der Waals surface area (Å²) in [4.78, 5) is 23.3. The van der Waals surface area contributed by atoms with Crippen LogP contribution in [0.4, 0.5) is 0 Å². The summed E-state index contributed by atoms with van der Waals surface area (Å²) in [6.45, 7) is 0. The molecular formula is C62H38N4S2. The highest BCUT2D eigenvalue weighted by atomic mass is 32.1. The fourth-order valence-electron chi connectivity index (χ4n) is 9.43. The smallest absolute Gasteiger partial charge is 0.161 e. The van der Waals surface area contributed by atoms with Crippen molar-refractivity contribution in [2.75, 3.05) is 0 Å². The summed E-state index contributed by atoms with van der Waals surface area (Å²) < 4.78 is 2.40. The average Bonchev–Trinajstić information content (AvgIpc) is 4.00. The zero-order valence-corrected chi connectivity index (χ0v) is 38.2. The van der Waals surface area contributed by atoms with Crippen molar-refractivity contribution in [3.63, 3.8) is 0 Å². The van der Waals surface area contributed by atoms with Gasteiger partial charge in [0.15, 0.2) is 11.6 Å². The van der Waals surface area contributed by atoms with Gasteiger partial charge in [0.1, 0.15) is 9.66 Å². The zero-order valence-electron chi connectivity index (χ0n) is 36.5. The number of rotatable bonds is 8. The number of hydrogen-bond donors (Lipinski definition) is 0. The van der Waals surface area contributed by atoms with Crippen LogP contribution in [0.5, 0.6) is 0 Å². The van der Waals surface area contributed by atoms with E-state index < -0.39 is 0 Å². The molecule has 13 aromatic rings. The van der Waals surface area contributed by atoms with E-state index in [2.05, 4.69) is 231 Å². The molecular weight excluding hydrogens is 865 g/mol. The molecule has 13 rings (SSSR count). The van der Waals surface area contributed by atoms with E-state index in [1.54, 1.807) is 22.7 Å². The van der Waals surface area contributed by atoms with Gasteiger partial charge >= 0.3 is 0 Å². The summed E-state index contributed by atoms with van der Waals surface area (Å²) in [6, 6.07) is 81.6. The van der Waals surface area contributed by atoms with Crippen molar-refractivity contribution < 1.29 is 0 Å². The Morgan fingerprint density at radius 1 is 0.235 bits per heavy atom. The van der Waals surface area contributed by atoms with Crippen molar-refractivity contribution in [1.82, 2.24) is 19.9 Å². The third kappa shape index (κ3) is 7.24. The highest BCUT2D eigenvalue weighted by Crippen LogP contribution is 2.43. The molecule has 68 heavy (non-hydrogen) atoms.